The van der Waals surface area contributed by atoms with Crippen LogP contribution in [-0.4, -0.2) is 23.2 Å². The molecule has 0 unspecified atom stereocenters. The van der Waals surface area contributed by atoms with Crippen molar-refractivity contribution in [1.29, 1.82) is 0 Å². The lowest BCUT2D eigenvalue weighted by Gasteiger charge is -2.27. The van der Waals surface area contributed by atoms with Gasteiger partial charge in [-0.05, 0) is 57.2 Å². The van der Waals surface area contributed by atoms with Crippen LogP contribution in [0.2, 0.25) is 0 Å². The maximum absolute atomic E-state index is 10.9. The van der Waals surface area contributed by atoms with E-state index in [-0.39, 0.29) is 12.0 Å². The van der Waals surface area contributed by atoms with Crippen molar-refractivity contribution in [3.63, 3.8) is 0 Å². The zero-order chi connectivity index (χ0) is 15.2. The van der Waals surface area contributed by atoms with E-state index in [2.05, 4.69) is 17.4 Å². The van der Waals surface area contributed by atoms with Gasteiger partial charge in [0.25, 0.3) is 0 Å². The Balaban J connectivity index is 1.80. The van der Waals surface area contributed by atoms with Crippen LogP contribution in [-0.2, 0) is 11.3 Å². The van der Waals surface area contributed by atoms with Gasteiger partial charge in [0.15, 0.2) is 0 Å². The quantitative estimate of drug-likeness (QED) is 0.845. The molecular formula is C17H25NO3. The Bertz CT molecular complexity index is 465. The van der Waals surface area contributed by atoms with Crippen LogP contribution in [0.25, 0.3) is 0 Å². The SMILES string of the molecule is CC(C)Oc1cccc(CNC2CCC(C(=O)O)CC2)c1. The van der Waals surface area contributed by atoms with Gasteiger partial charge in [-0.2, -0.15) is 0 Å². The Morgan fingerprint density at radius 3 is 2.67 bits per heavy atom. The van der Waals surface area contributed by atoms with Crippen LogP contribution in [0.3, 0.4) is 0 Å². The third-order valence-electron chi connectivity index (χ3n) is 3.94. The Morgan fingerprint density at radius 2 is 2.05 bits per heavy atom. The highest BCUT2D eigenvalue weighted by Gasteiger charge is 2.25. The Labute approximate surface area is 126 Å². The number of aliphatic carboxylic acids is 1. The second-order valence-corrected chi connectivity index (χ2v) is 6.08. The minimum absolute atomic E-state index is 0.147. The molecule has 1 aromatic carbocycles. The minimum Gasteiger partial charge on any atom is -0.491 e. The van der Waals surface area contributed by atoms with Crippen molar-refractivity contribution >= 4 is 5.97 Å². The van der Waals surface area contributed by atoms with E-state index < -0.39 is 5.97 Å². The maximum atomic E-state index is 10.9. The lowest BCUT2D eigenvalue weighted by Crippen LogP contribution is -2.34. The Morgan fingerprint density at radius 1 is 1.33 bits per heavy atom. The van der Waals surface area contributed by atoms with E-state index in [1.807, 2.05) is 26.0 Å². The highest BCUT2D eigenvalue weighted by molar-refractivity contribution is 5.70. The molecule has 1 saturated carbocycles. The largest absolute Gasteiger partial charge is 0.491 e. The number of ether oxygens (including phenoxy) is 1. The van der Waals surface area contributed by atoms with E-state index in [0.29, 0.717) is 6.04 Å². The molecule has 0 heterocycles. The van der Waals surface area contributed by atoms with E-state index in [4.69, 9.17) is 9.84 Å². The molecule has 0 aliphatic heterocycles. The predicted molar refractivity (Wildman–Crippen MR) is 82.4 cm³/mol. The highest BCUT2D eigenvalue weighted by Crippen LogP contribution is 2.24. The molecule has 2 rings (SSSR count). The second-order valence-electron chi connectivity index (χ2n) is 6.08. The second kappa shape index (κ2) is 7.46. The number of hydrogen-bond acceptors (Lipinski definition) is 3. The average Bonchev–Trinajstić information content (AvgIpc) is 2.45. The number of benzene rings is 1. The van der Waals surface area contributed by atoms with Gasteiger partial charge in [-0.25, -0.2) is 0 Å². The summed E-state index contributed by atoms with van der Waals surface area (Å²) in [6.07, 6.45) is 3.63. The first-order valence-corrected chi connectivity index (χ1v) is 7.76. The van der Waals surface area contributed by atoms with Crippen molar-refractivity contribution in [3.8, 4) is 5.75 Å². The zero-order valence-electron chi connectivity index (χ0n) is 12.8. The topological polar surface area (TPSA) is 58.6 Å². The van der Waals surface area contributed by atoms with Gasteiger partial charge in [-0.3, -0.25) is 4.79 Å². The van der Waals surface area contributed by atoms with Gasteiger partial charge in [0.1, 0.15) is 5.75 Å². The highest BCUT2D eigenvalue weighted by atomic mass is 16.5. The van der Waals surface area contributed by atoms with E-state index in [9.17, 15) is 4.79 Å². The van der Waals surface area contributed by atoms with Gasteiger partial charge in [0.05, 0.1) is 12.0 Å². The van der Waals surface area contributed by atoms with Crippen molar-refractivity contribution in [1.82, 2.24) is 5.32 Å². The summed E-state index contributed by atoms with van der Waals surface area (Å²) in [6.45, 7) is 4.84. The van der Waals surface area contributed by atoms with Crippen LogP contribution in [0, 0.1) is 5.92 Å². The molecule has 4 nitrogen and oxygen atoms in total. The fraction of sp³-hybridized carbons (Fsp3) is 0.588. The van der Waals surface area contributed by atoms with Crippen LogP contribution in [0.1, 0.15) is 45.1 Å². The molecule has 1 aromatic rings. The molecule has 0 saturated heterocycles. The minimum atomic E-state index is -0.646. The first-order valence-electron chi connectivity index (χ1n) is 7.76. The summed E-state index contributed by atoms with van der Waals surface area (Å²) in [5, 5.41) is 12.5. The number of carbonyl (C=O) groups is 1. The van der Waals surface area contributed by atoms with Crippen LogP contribution < -0.4 is 10.1 Å². The summed E-state index contributed by atoms with van der Waals surface area (Å²) in [5.74, 6) is 0.108. The van der Waals surface area contributed by atoms with Crippen molar-refractivity contribution < 1.29 is 14.6 Å². The molecule has 0 bridgehead atoms. The van der Waals surface area contributed by atoms with E-state index >= 15 is 0 Å². The van der Waals surface area contributed by atoms with Gasteiger partial charge < -0.3 is 15.2 Å². The van der Waals surface area contributed by atoms with Crippen molar-refractivity contribution in [2.45, 2.75) is 58.2 Å². The van der Waals surface area contributed by atoms with Crippen LogP contribution in [0.5, 0.6) is 5.75 Å². The van der Waals surface area contributed by atoms with Gasteiger partial charge in [0, 0.05) is 12.6 Å². The standard InChI is InChI=1S/C17H25NO3/c1-12(2)21-16-5-3-4-13(10-16)11-18-15-8-6-14(7-9-15)17(19)20/h3-5,10,12,14-15,18H,6-9,11H2,1-2H3,(H,19,20). The molecule has 1 aliphatic carbocycles. The Hall–Kier alpha value is -1.55. The number of rotatable bonds is 6. The summed E-state index contributed by atoms with van der Waals surface area (Å²) >= 11 is 0. The molecule has 4 heteroatoms. The predicted octanol–water partition coefficient (Wildman–Crippen LogP) is 3.21. The summed E-state index contributed by atoms with van der Waals surface area (Å²) in [6, 6.07) is 8.56. The van der Waals surface area contributed by atoms with Crippen LogP contribution >= 0.6 is 0 Å². The molecule has 0 spiro atoms. The first-order chi connectivity index (χ1) is 10.0. The summed E-state index contributed by atoms with van der Waals surface area (Å²) in [4.78, 5) is 10.9. The number of hydrogen-bond donors (Lipinski definition) is 2. The molecule has 1 aliphatic rings. The molecule has 0 atom stereocenters. The van der Waals surface area contributed by atoms with Gasteiger partial charge in [-0.1, -0.05) is 12.1 Å². The lowest BCUT2D eigenvalue weighted by molar-refractivity contribution is -0.142. The van der Waals surface area contributed by atoms with Gasteiger partial charge in [-0.15, -0.1) is 0 Å². The molecule has 1 fully saturated rings. The third kappa shape index (κ3) is 5.05. The van der Waals surface area contributed by atoms with Crippen molar-refractivity contribution in [3.05, 3.63) is 29.8 Å². The lowest BCUT2D eigenvalue weighted by atomic mass is 9.86. The van der Waals surface area contributed by atoms with Crippen LogP contribution in [0.4, 0.5) is 0 Å². The monoisotopic (exact) mass is 291 g/mol. The van der Waals surface area contributed by atoms with Gasteiger partial charge in [0.2, 0.25) is 0 Å². The number of carboxylic acid groups (broad SMARTS) is 1. The smallest absolute Gasteiger partial charge is 0.306 e. The molecule has 0 radical (unpaired) electrons. The normalized spacial score (nSPS) is 22.2. The van der Waals surface area contributed by atoms with Crippen molar-refractivity contribution in [2.75, 3.05) is 0 Å². The molecule has 2 N–H and O–H groups in total. The summed E-state index contributed by atoms with van der Waals surface area (Å²) in [5.41, 5.74) is 1.20. The molecule has 21 heavy (non-hydrogen) atoms. The van der Waals surface area contributed by atoms with E-state index in [1.165, 1.54) is 5.56 Å². The maximum Gasteiger partial charge on any atom is 0.306 e. The average molecular weight is 291 g/mol. The van der Waals surface area contributed by atoms with E-state index in [1.54, 1.807) is 0 Å². The Kier molecular flexibility index (Phi) is 5.62. The number of nitrogens with one attached hydrogen (secondary N) is 1. The first kappa shape index (κ1) is 15.8. The molecule has 116 valence electrons. The molecular weight excluding hydrogens is 266 g/mol. The fourth-order valence-corrected chi connectivity index (χ4v) is 2.81. The zero-order valence-corrected chi connectivity index (χ0v) is 12.8. The van der Waals surface area contributed by atoms with Crippen molar-refractivity contribution in [2.24, 2.45) is 5.92 Å². The molecule has 0 aromatic heterocycles. The third-order valence-corrected chi connectivity index (χ3v) is 3.94. The summed E-state index contributed by atoms with van der Waals surface area (Å²) in [7, 11) is 0. The fourth-order valence-electron chi connectivity index (χ4n) is 2.81. The summed E-state index contributed by atoms with van der Waals surface area (Å²) < 4.78 is 5.69. The number of carboxylic acids is 1. The van der Waals surface area contributed by atoms with E-state index in [0.717, 1.165) is 38.0 Å². The molecule has 0 amide bonds. The van der Waals surface area contributed by atoms with Crippen LogP contribution in [0.15, 0.2) is 24.3 Å². The van der Waals surface area contributed by atoms with Gasteiger partial charge >= 0.3 is 5.97 Å².